The molecular formula is C35H44F3N7O4. The number of ether oxygens (including phenoxy) is 1. The number of anilines is 1. The molecule has 3 aliphatic rings. The third-order valence-electron chi connectivity index (χ3n) is 8.76. The number of hydrogen-bond donors (Lipinski definition) is 3. The highest BCUT2D eigenvalue weighted by Crippen LogP contribution is 2.35. The lowest BCUT2D eigenvalue weighted by Gasteiger charge is -2.38. The molecule has 4 heterocycles. The van der Waals surface area contributed by atoms with Crippen LogP contribution < -0.4 is 16.0 Å². The first kappa shape index (κ1) is 35.8. The zero-order valence-corrected chi connectivity index (χ0v) is 28.1. The van der Waals surface area contributed by atoms with E-state index in [1.165, 1.54) is 18.3 Å². The van der Waals surface area contributed by atoms with Crippen LogP contribution in [0.25, 0.3) is 0 Å². The average Bonchev–Trinajstić information content (AvgIpc) is 3.05. The predicted octanol–water partition coefficient (Wildman–Crippen LogP) is 5.40. The summed E-state index contributed by atoms with van der Waals surface area (Å²) in [6.07, 6.45) is 3.16. The fourth-order valence-corrected chi connectivity index (χ4v) is 6.24. The van der Waals surface area contributed by atoms with Crippen LogP contribution in [0.2, 0.25) is 0 Å². The molecule has 1 aliphatic carbocycles. The van der Waals surface area contributed by atoms with Crippen molar-refractivity contribution in [1.82, 2.24) is 30.4 Å². The monoisotopic (exact) mass is 683 g/mol. The molecule has 0 aromatic carbocycles. The van der Waals surface area contributed by atoms with Gasteiger partial charge in [0.1, 0.15) is 17.1 Å². The second kappa shape index (κ2) is 15.4. The zero-order chi connectivity index (χ0) is 35.2. The smallest absolute Gasteiger partial charge is 0.413 e. The van der Waals surface area contributed by atoms with Gasteiger partial charge in [0.2, 0.25) is 5.91 Å². The standard InChI is InChI=1S/C35H44F3N7O4/c1-34(2,3)49-33(48)43-30-20-23(9-15-40-30)22-44-16-10-24(11-17-44)32(47)45-18-12-26(13-19-45)41-27-8-7-25(35(36,37)38)21-29(27)42-31(46)28-6-4-5-14-39-28/h4-6,8-9,14-15,20-21,24-26,41H,7,10-13,16-19,22H2,1-3H3,(H,42,46)(H,40,43,48). The van der Waals surface area contributed by atoms with Crippen LogP contribution in [-0.2, 0) is 16.1 Å². The Morgan fingerprint density at radius 3 is 2.31 bits per heavy atom. The number of carbonyl (C=O) groups is 3. The van der Waals surface area contributed by atoms with E-state index >= 15 is 0 Å². The van der Waals surface area contributed by atoms with E-state index < -0.39 is 29.7 Å². The molecule has 264 valence electrons. The van der Waals surface area contributed by atoms with Gasteiger partial charge in [-0.15, -0.1) is 0 Å². The summed E-state index contributed by atoms with van der Waals surface area (Å²) >= 11 is 0. The molecule has 1 atom stereocenters. The number of nitrogens with zero attached hydrogens (tertiary/aromatic N) is 4. The first-order chi connectivity index (χ1) is 23.2. The van der Waals surface area contributed by atoms with Gasteiger partial charge >= 0.3 is 12.3 Å². The largest absolute Gasteiger partial charge is 0.444 e. The normalized spacial score (nSPS) is 19.8. The lowest BCUT2D eigenvalue weighted by Crippen LogP contribution is -2.49. The molecule has 3 amide bonds. The van der Waals surface area contributed by atoms with E-state index in [9.17, 15) is 27.6 Å². The van der Waals surface area contributed by atoms with Gasteiger partial charge in [-0.25, -0.2) is 9.78 Å². The van der Waals surface area contributed by atoms with E-state index in [4.69, 9.17) is 4.74 Å². The van der Waals surface area contributed by atoms with E-state index in [1.807, 2.05) is 17.0 Å². The number of rotatable bonds is 8. The van der Waals surface area contributed by atoms with Crippen molar-refractivity contribution in [2.45, 2.75) is 77.2 Å². The number of halogens is 3. The molecule has 49 heavy (non-hydrogen) atoms. The molecule has 2 fully saturated rings. The van der Waals surface area contributed by atoms with Gasteiger partial charge < -0.3 is 20.3 Å². The molecule has 2 aromatic rings. The van der Waals surface area contributed by atoms with Crippen molar-refractivity contribution in [3.8, 4) is 0 Å². The van der Waals surface area contributed by atoms with Gasteiger partial charge in [-0.1, -0.05) is 12.1 Å². The molecule has 2 aromatic heterocycles. The second-order valence-electron chi connectivity index (χ2n) is 13.7. The minimum Gasteiger partial charge on any atom is -0.444 e. The molecule has 11 nitrogen and oxygen atoms in total. The molecule has 1 unspecified atom stereocenters. The Hall–Kier alpha value is -4.46. The average molecular weight is 684 g/mol. The minimum atomic E-state index is -4.44. The van der Waals surface area contributed by atoms with Gasteiger partial charge in [0.25, 0.3) is 5.91 Å². The van der Waals surface area contributed by atoms with E-state index in [2.05, 4.69) is 30.8 Å². The Labute approximate surface area is 284 Å². The summed E-state index contributed by atoms with van der Waals surface area (Å²) in [4.78, 5) is 50.7. The summed E-state index contributed by atoms with van der Waals surface area (Å²) in [7, 11) is 0. The Morgan fingerprint density at radius 1 is 0.918 bits per heavy atom. The number of likely N-dealkylation sites (tertiary alicyclic amines) is 2. The highest BCUT2D eigenvalue weighted by atomic mass is 19.4. The number of allylic oxidation sites excluding steroid dienone is 2. The fraction of sp³-hybridized carbons (Fsp3) is 0.514. The van der Waals surface area contributed by atoms with E-state index in [0.717, 1.165) is 37.6 Å². The van der Waals surface area contributed by atoms with Crippen LogP contribution in [0.1, 0.15) is 68.9 Å². The van der Waals surface area contributed by atoms with Gasteiger partial charge in [-0.3, -0.25) is 24.8 Å². The molecular weight excluding hydrogens is 639 g/mol. The SMILES string of the molecule is CC(C)(C)OC(=O)Nc1cc(CN2CCC(C(=O)N3CCC(NC4=CCC(C(F)(F)F)C=C4NC(=O)c4ccccn4)CC3)CC2)ccn1. The fourth-order valence-electron chi connectivity index (χ4n) is 6.24. The van der Waals surface area contributed by atoms with Crippen LogP contribution in [0.4, 0.5) is 23.8 Å². The number of aromatic nitrogens is 2. The van der Waals surface area contributed by atoms with Gasteiger partial charge in [-0.05, 0) is 102 Å². The first-order valence-corrected chi connectivity index (χ1v) is 16.7. The summed E-state index contributed by atoms with van der Waals surface area (Å²) in [6, 6.07) is 8.45. The molecule has 2 saturated heterocycles. The van der Waals surface area contributed by atoms with E-state index in [1.54, 1.807) is 39.1 Å². The van der Waals surface area contributed by atoms with Gasteiger partial charge in [0.05, 0.1) is 17.3 Å². The van der Waals surface area contributed by atoms with Crippen LogP contribution in [0.3, 0.4) is 0 Å². The third-order valence-corrected chi connectivity index (χ3v) is 8.76. The molecule has 5 rings (SSSR count). The van der Waals surface area contributed by atoms with Crippen molar-refractivity contribution in [2.24, 2.45) is 11.8 Å². The molecule has 0 spiro atoms. The number of hydrogen-bond acceptors (Lipinski definition) is 8. The molecule has 14 heteroatoms. The predicted molar refractivity (Wildman–Crippen MR) is 177 cm³/mol. The lowest BCUT2D eigenvalue weighted by atomic mass is 9.93. The van der Waals surface area contributed by atoms with E-state index in [-0.39, 0.29) is 35.7 Å². The highest BCUT2D eigenvalue weighted by Gasteiger charge is 2.40. The van der Waals surface area contributed by atoms with Crippen LogP contribution in [-0.4, -0.2) is 81.7 Å². The number of amides is 3. The second-order valence-corrected chi connectivity index (χ2v) is 13.7. The maximum Gasteiger partial charge on any atom is 0.413 e. The molecule has 0 bridgehead atoms. The number of alkyl halides is 3. The lowest BCUT2D eigenvalue weighted by molar-refractivity contribution is -0.160. The Balaban J connectivity index is 1.09. The number of pyridine rings is 2. The maximum absolute atomic E-state index is 13.6. The van der Waals surface area contributed by atoms with Gasteiger partial charge in [0.15, 0.2) is 0 Å². The van der Waals surface area contributed by atoms with Gasteiger partial charge in [0, 0.05) is 44.0 Å². The minimum absolute atomic E-state index is 0.0650. The van der Waals surface area contributed by atoms with Crippen molar-refractivity contribution in [3.63, 3.8) is 0 Å². The third kappa shape index (κ3) is 10.3. The Kier molecular flexibility index (Phi) is 11.3. The first-order valence-electron chi connectivity index (χ1n) is 16.7. The summed E-state index contributed by atoms with van der Waals surface area (Å²) in [6.45, 7) is 8.66. The van der Waals surface area contributed by atoms with Crippen molar-refractivity contribution < 1.29 is 32.3 Å². The maximum atomic E-state index is 13.6. The quantitative estimate of drug-likeness (QED) is 0.338. The summed E-state index contributed by atoms with van der Waals surface area (Å²) in [5.74, 6) is -1.80. The Morgan fingerprint density at radius 2 is 1.65 bits per heavy atom. The summed E-state index contributed by atoms with van der Waals surface area (Å²) in [5.41, 5.74) is 1.02. The van der Waals surface area contributed by atoms with Crippen molar-refractivity contribution >= 4 is 23.7 Å². The topological polar surface area (TPSA) is 129 Å². The van der Waals surface area contributed by atoms with Gasteiger partial charge in [-0.2, -0.15) is 13.2 Å². The van der Waals surface area contributed by atoms with Crippen LogP contribution in [0.5, 0.6) is 0 Å². The summed E-state index contributed by atoms with van der Waals surface area (Å²) < 4.78 is 46.0. The van der Waals surface area contributed by atoms with Crippen LogP contribution in [0.15, 0.2) is 66.3 Å². The number of carbonyl (C=O) groups excluding carboxylic acids is 3. The summed E-state index contributed by atoms with van der Waals surface area (Å²) in [5, 5.41) is 8.63. The van der Waals surface area contributed by atoms with Crippen LogP contribution in [0, 0.1) is 11.8 Å². The number of nitrogens with one attached hydrogen (secondary N) is 3. The highest BCUT2D eigenvalue weighted by molar-refractivity contribution is 5.93. The van der Waals surface area contributed by atoms with Crippen molar-refractivity contribution in [1.29, 1.82) is 0 Å². The zero-order valence-electron chi connectivity index (χ0n) is 28.1. The molecule has 3 N–H and O–H groups in total. The Bertz CT molecular complexity index is 1540. The van der Waals surface area contributed by atoms with Crippen LogP contribution >= 0.6 is 0 Å². The molecule has 0 saturated carbocycles. The molecule has 0 radical (unpaired) electrons. The molecule has 2 aliphatic heterocycles. The number of piperidine rings is 2. The van der Waals surface area contributed by atoms with E-state index in [0.29, 0.717) is 44.0 Å². The van der Waals surface area contributed by atoms with Crippen molar-refractivity contribution in [2.75, 3.05) is 31.5 Å². The van der Waals surface area contributed by atoms with Crippen molar-refractivity contribution in [3.05, 3.63) is 77.5 Å².